The highest BCUT2D eigenvalue weighted by molar-refractivity contribution is 7.09. The Morgan fingerprint density at radius 3 is 2.71 bits per heavy atom. The van der Waals surface area contributed by atoms with Crippen molar-refractivity contribution in [3.05, 3.63) is 52.2 Å². The molecule has 4 heteroatoms. The highest BCUT2D eigenvalue weighted by Crippen LogP contribution is 2.22. The second kappa shape index (κ2) is 5.01. The molecule has 1 heterocycles. The number of thiophene rings is 1. The van der Waals surface area contributed by atoms with Gasteiger partial charge < -0.3 is 10.0 Å². The van der Waals surface area contributed by atoms with E-state index in [0.29, 0.717) is 5.56 Å². The number of hydrogen-bond acceptors (Lipinski definition) is 3. The van der Waals surface area contributed by atoms with Crippen LogP contribution in [0.5, 0.6) is 0 Å². The molecule has 0 saturated heterocycles. The third-order valence-corrected chi connectivity index (χ3v) is 3.38. The summed E-state index contributed by atoms with van der Waals surface area (Å²) in [6.45, 7) is 0.724. The van der Waals surface area contributed by atoms with Crippen molar-refractivity contribution >= 4 is 23.0 Å². The second-order valence-corrected chi connectivity index (χ2v) is 4.79. The molecule has 0 spiro atoms. The van der Waals surface area contributed by atoms with Gasteiger partial charge in [-0.15, -0.1) is 11.3 Å². The van der Waals surface area contributed by atoms with E-state index in [2.05, 4.69) is 0 Å². The van der Waals surface area contributed by atoms with Crippen LogP contribution in [-0.4, -0.2) is 18.1 Å². The summed E-state index contributed by atoms with van der Waals surface area (Å²) < 4.78 is 0. The van der Waals surface area contributed by atoms with E-state index in [-0.39, 0.29) is 0 Å². The Balaban J connectivity index is 2.24. The van der Waals surface area contributed by atoms with Crippen molar-refractivity contribution in [3.63, 3.8) is 0 Å². The Kier molecular flexibility index (Phi) is 3.44. The summed E-state index contributed by atoms with van der Waals surface area (Å²) in [7, 11) is 1.90. The number of carbonyl (C=O) groups is 1. The zero-order chi connectivity index (χ0) is 12.3. The average Bonchev–Trinajstić information content (AvgIpc) is 2.81. The van der Waals surface area contributed by atoms with Crippen molar-refractivity contribution in [1.82, 2.24) is 0 Å². The minimum Gasteiger partial charge on any atom is -0.478 e. The van der Waals surface area contributed by atoms with E-state index < -0.39 is 5.97 Å². The van der Waals surface area contributed by atoms with Crippen molar-refractivity contribution in [1.29, 1.82) is 0 Å². The van der Waals surface area contributed by atoms with Crippen molar-refractivity contribution in [2.75, 3.05) is 11.9 Å². The topological polar surface area (TPSA) is 40.5 Å². The molecule has 1 aromatic carbocycles. The van der Waals surface area contributed by atoms with E-state index in [4.69, 9.17) is 5.11 Å². The highest BCUT2D eigenvalue weighted by atomic mass is 32.1. The number of anilines is 1. The number of rotatable bonds is 4. The second-order valence-electron chi connectivity index (χ2n) is 3.76. The van der Waals surface area contributed by atoms with Gasteiger partial charge in [-0.3, -0.25) is 0 Å². The molecule has 0 aliphatic rings. The van der Waals surface area contributed by atoms with Gasteiger partial charge in [0.1, 0.15) is 0 Å². The van der Waals surface area contributed by atoms with Gasteiger partial charge in [-0.2, -0.15) is 0 Å². The smallest absolute Gasteiger partial charge is 0.337 e. The number of aromatic carboxylic acids is 1. The minimum absolute atomic E-state index is 0.339. The third-order valence-electron chi connectivity index (χ3n) is 2.52. The molecule has 0 saturated carbocycles. The molecule has 1 N–H and O–H groups in total. The van der Waals surface area contributed by atoms with E-state index >= 15 is 0 Å². The van der Waals surface area contributed by atoms with Crippen molar-refractivity contribution in [3.8, 4) is 0 Å². The fraction of sp³-hybridized carbons (Fsp3) is 0.154. The van der Waals surface area contributed by atoms with Crippen LogP contribution in [0.3, 0.4) is 0 Å². The lowest BCUT2D eigenvalue weighted by molar-refractivity contribution is 0.0697. The number of carboxylic acid groups (broad SMARTS) is 1. The van der Waals surface area contributed by atoms with Gasteiger partial charge in [0.15, 0.2) is 0 Å². The number of benzene rings is 1. The first-order valence-electron chi connectivity index (χ1n) is 5.24. The fourth-order valence-corrected chi connectivity index (χ4v) is 2.47. The number of para-hydroxylation sites is 1. The monoisotopic (exact) mass is 247 g/mol. The molecule has 1 aromatic heterocycles. The lowest BCUT2D eigenvalue weighted by Gasteiger charge is -2.20. The van der Waals surface area contributed by atoms with Crippen LogP contribution < -0.4 is 4.90 Å². The van der Waals surface area contributed by atoms with Gasteiger partial charge in [0, 0.05) is 11.9 Å². The maximum absolute atomic E-state index is 11.1. The zero-order valence-corrected chi connectivity index (χ0v) is 10.3. The van der Waals surface area contributed by atoms with Gasteiger partial charge >= 0.3 is 5.97 Å². The van der Waals surface area contributed by atoms with E-state index in [1.165, 1.54) is 4.88 Å². The maximum atomic E-state index is 11.1. The Hall–Kier alpha value is -1.81. The molecule has 0 aliphatic carbocycles. The van der Waals surface area contributed by atoms with Crippen LogP contribution in [0.2, 0.25) is 0 Å². The summed E-state index contributed by atoms with van der Waals surface area (Å²) in [6, 6.07) is 11.1. The molecular weight excluding hydrogens is 234 g/mol. The zero-order valence-electron chi connectivity index (χ0n) is 9.46. The summed E-state index contributed by atoms with van der Waals surface area (Å²) >= 11 is 1.67. The van der Waals surface area contributed by atoms with Crippen molar-refractivity contribution < 1.29 is 9.90 Å². The molecule has 0 amide bonds. The van der Waals surface area contributed by atoms with Gasteiger partial charge in [-0.05, 0) is 23.6 Å². The normalized spacial score (nSPS) is 10.2. The molecule has 3 nitrogen and oxygen atoms in total. The predicted molar refractivity (Wildman–Crippen MR) is 69.8 cm³/mol. The molecule has 0 bridgehead atoms. The SMILES string of the molecule is CN(Cc1cccs1)c1ccccc1C(=O)O. The van der Waals surface area contributed by atoms with Crippen molar-refractivity contribution in [2.45, 2.75) is 6.54 Å². The summed E-state index contributed by atoms with van der Waals surface area (Å²) in [5, 5.41) is 11.1. The van der Waals surface area contributed by atoms with Crippen LogP contribution in [-0.2, 0) is 6.54 Å². The molecule has 17 heavy (non-hydrogen) atoms. The average molecular weight is 247 g/mol. The molecule has 0 aliphatic heterocycles. The Morgan fingerprint density at radius 1 is 1.29 bits per heavy atom. The van der Waals surface area contributed by atoms with Gasteiger partial charge in [0.25, 0.3) is 0 Å². The molecule has 88 valence electrons. The molecule has 2 rings (SSSR count). The molecular formula is C13H13NO2S. The molecule has 0 unspecified atom stereocenters. The van der Waals surface area contributed by atoms with Gasteiger partial charge in [0.05, 0.1) is 17.8 Å². The third kappa shape index (κ3) is 2.65. The molecule has 2 aromatic rings. The Labute approximate surface area is 104 Å². The summed E-state index contributed by atoms with van der Waals surface area (Å²) in [4.78, 5) is 14.3. The van der Waals surface area contributed by atoms with Crippen molar-refractivity contribution in [2.24, 2.45) is 0 Å². The van der Waals surface area contributed by atoms with E-state index in [1.54, 1.807) is 23.5 Å². The first-order chi connectivity index (χ1) is 8.18. The largest absolute Gasteiger partial charge is 0.478 e. The number of carboxylic acids is 1. The summed E-state index contributed by atoms with van der Waals surface area (Å²) in [5.74, 6) is -0.890. The summed E-state index contributed by atoms with van der Waals surface area (Å²) in [6.07, 6.45) is 0. The lowest BCUT2D eigenvalue weighted by Crippen LogP contribution is -2.18. The summed E-state index contributed by atoms with van der Waals surface area (Å²) in [5.41, 5.74) is 1.08. The molecule has 0 fully saturated rings. The van der Waals surface area contributed by atoms with Crippen LogP contribution >= 0.6 is 11.3 Å². The Morgan fingerprint density at radius 2 is 2.06 bits per heavy atom. The van der Waals surface area contributed by atoms with Gasteiger partial charge in [-0.1, -0.05) is 18.2 Å². The first-order valence-corrected chi connectivity index (χ1v) is 6.12. The number of hydrogen-bond donors (Lipinski definition) is 1. The highest BCUT2D eigenvalue weighted by Gasteiger charge is 2.12. The van der Waals surface area contributed by atoms with E-state index in [1.807, 2.05) is 41.6 Å². The lowest BCUT2D eigenvalue weighted by atomic mass is 10.1. The van der Waals surface area contributed by atoms with Crippen LogP contribution in [0.4, 0.5) is 5.69 Å². The fourth-order valence-electron chi connectivity index (χ4n) is 1.71. The predicted octanol–water partition coefficient (Wildman–Crippen LogP) is 3.08. The van der Waals surface area contributed by atoms with Gasteiger partial charge in [-0.25, -0.2) is 4.79 Å². The molecule has 0 atom stereocenters. The minimum atomic E-state index is -0.890. The van der Waals surface area contributed by atoms with Crippen LogP contribution in [0, 0.1) is 0 Å². The standard InChI is InChI=1S/C13H13NO2S/c1-14(9-10-5-4-8-17-10)12-7-3-2-6-11(12)13(15)16/h2-8H,9H2,1H3,(H,15,16). The molecule has 0 radical (unpaired) electrons. The number of nitrogens with zero attached hydrogens (tertiary/aromatic N) is 1. The quantitative estimate of drug-likeness (QED) is 0.902. The first kappa shape index (κ1) is 11.7. The van der Waals surface area contributed by atoms with Crippen LogP contribution in [0.1, 0.15) is 15.2 Å². The van der Waals surface area contributed by atoms with Gasteiger partial charge in [0.2, 0.25) is 0 Å². The van der Waals surface area contributed by atoms with Crippen LogP contribution in [0.25, 0.3) is 0 Å². The Bertz CT molecular complexity index is 508. The van der Waals surface area contributed by atoms with Crippen LogP contribution in [0.15, 0.2) is 41.8 Å². The van der Waals surface area contributed by atoms with E-state index in [9.17, 15) is 4.79 Å². The maximum Gasteiger partial charge on any atom is 0.337 e. The van der Waals surface area contributed by atoms with E-state index in [0.717, 1.165) is 12.2 Å².